The largest absolute Gasteiger partial charge is 0.417 e. The first-order chi connectivity index (χ1) is 11.9. The predicted octanol–water partition coefficient (Wildman–Crippen LogP) is 1.60. The van der Waals surface area contributed by atoms with E-state index in [4.69, 9.17) is 4.42 Å². The third kappa shape index (κ3) is 2.31. The predicted molar refractivity (Wildman–Crippen MR) is 87.7 cm³/mol. The topological polar surface area (TPSA) is 112 Å². The lowest BCUT2D eigenvalue weighted by Crippen LogP contribution is -2.24. The van der Waals surface area contributed by atoms with Gasteiger partial charge < -0.3 is 9.73 Å². The molecule has 2 aromatic carbocycles. The van der Waals surface area contributed by atoms with Crippen molar-refractivity contribution in [2.24, 2.45) is 0 Å². The molecule has 0 saturated heterocycles. The van der Waals surface area contributed by atoms with Gasteiger partial charge in [-0.3, -0.25) is 24.3 Å². The van der Waals surface area contributed by atoms with Crippen LogP contribution in [0.25, 0.3) is 11.1 Å². The molecule has 1 aromatic heterocycles. The molecule has 3 aromatic rings. The Labute approximate surface area is 140 Å². The van der Waals surface area contributed by atoms with Gasteiger partial charge in [-0.25, -0.2) is 4.79 Å². The molecule has 8 nitrogen and oxygen atoms in total. The van der Waals surface area contributed by atoms with E-state index in [0.717, 1.165) is 4.90 Å². The van der Waals surface area contributed by atoms with Crippen molar-refractivity contribution in [3.63, 3.8) is 0 Å². The number of carbonyl (C=O) groups is 3. The molecule has 1 aliphatic rings. The van der Waals surface area contributed by atoms with Crippen molar-refractivity contribution in [2.45, 2.75) is 0 Å². The third-order valence-corrected chi connectivity index (χ3v) is 4.03. The van der Waals surface area contributed by atoms with Crippen LogP contribution in [0.15, 0.2) is 45.6 Å². The fourth-order valence-electron chi connectivity index (χ4n) is 2.74. The van der Waals surface area contributed by atoms with Crippen LogP contribution < -0.4 is 11.1 Å². The molecule has 3 amide bonds. The van der Waals surface area contributed by atoms with Crippen molar-refractivity contribution in [3.05, 3.63) is 63.6 Å². The zero-order valence-corrected chi connectivity index (χ0v) is 13.0. The van der Waals surface area contributed by atoms with Gasteiger partial charge in [0, 0.05) is 18.3 Å². The number of aromatic amines is 1. The van der Waals surface area contributed by atoms with Crippen LogP contribution in [0.5, 0.6) is 0 Å². The number of hydrogen-bond donors (Lipinski definition) is 2. The summed E-state index contributed by atoms with van der Waals surface area (Å²) in [5.74, 6) is -1.85. The molecule has 2 N–H and O–H groups in total. The SMILES string of the molecule is CN1C(=O)c2ccc(C(=O)Nc3ccc4oc(=O)[nH]c4c3)cc2C1=O. The van der Waals surface area contributed by atoms with Crippen molar-refractivity contribution in [1.82, 2.24) is 9.88 Å². The lowest BCUT2D eigenvalue weighted by molar-refractivity contribution is 0.0693. The van der Waals surface area contributed by atoms with E-state index in [0.29, 0.717) is 16.8 Å². The van der Waals surface area contributed by atoms with Crippen LogP contribution in [0.4, 0.5) is 5.69 Å². The van der Waals surface area contributed by atoms with Gasteiger partial charge in [0.15, 0.2) is 5.58 Å². The van der Waals surface area contributed by atoms with E-state index in [1.165, 1.54) is 25.2 Å². The maximum atomic E-state index is 12.4. The van der Waals surface area contributed by atoms with Crippen LogP contribution in [0, 0.1) is 0 Å². The minimum absolute atomic E-state index is 0.203. The zero-order valence-electron chi connectivity index (χ0n) is 13.0. The summed E-state index contributed by atoms with van der Waals surface area (Å²) < 4.78 is 4.90. The Morgan fingerprint density at radius 1 is 1.04 bits per heavy atom. The second kappa shape index (κ2) is 5.17. The fourth-order valence-corrected chi connectivity index (χ4v) is 2.74. The minimum atomic E-state index is -0.579. The Balaban J connectivity index is 1.64. The third-order valence-electron chi connectivity index (χ3n) is 4.03. The zero-order chi connectivity index (χ0) is 17.7. The summed E-state index contributed by atoms with van der Waals surface area (Å²) in [4.78, 5) is 51.0. The summed E-state index contributed by atoms with van der Waals surface area (Å²) in [5, 5.41) is 2.68. The molecule has 0 fully saturated rings. The van der Waals surface area contributed by atoms with Gasteiger partial charge in [-0.1, -0.05) is 0 Å². The summed E-state index contributed by atoms with van der Waals surface area (Å²) in [5.41, 5.74) is 2.02. The number of hydrogen-bond acceptors (Lipinski definition) is 5. The average Bonchev–Trinajstić information content (AvgIpc) is 3.07. The second-order valence-corrected chi connectivity index (χ2v) is 5.61. The van der Waals surface area contributed by atoms with Gasteiger partial charge in [-0.05, 0) is 36.4 Å². The number of carbonyl (C=O) groups excluding carboxylic acids is 3. The standard InChI is InChI=1S/C17H11N3O5/c1-20-15(22)10-4-2-8(6-11(10)16(20)23)14(21)18-9-3-5-13-12(7-9)19-17(24)25-13/h2-7H,1H3,(H,18,21)(H,19,24). The normalized spacial score (nSPS) is 13.4. The molecule has 0 unspecified atom stereocenters. The van der Waals surface area contributed by atoms with Crippen LogP contribution >= 0.6 is 0 Å². The summed E-state index contributed by atoms with van der Waals surface area (Å²) in [6, 6.07) is 9.05. The smallest absolute Gasteiger partial charge is 0.408 e. The van der Waals surface area contributed by atoms with Crippen LogP contribution in [0.1, 0.15) is 31.1 Å². The van der Waals surface area contributed by atoms with Gasteiger partial charge in [0.2, 0.25) is 0 Å². The molecular weight excluding hydrogens is 326 g/mol. The lowest BCUT2D eigenvalue weighted by atomic mass is 10.1. The van der Waals surface area contributed by atoms with Crippen molar-refractivity contribution in [1.29, 1.82) is 0 Å². The highest BCUT2D eigenvalue weighted by molar-refractivity contribution is 6.22. The van der Waals surface area contributed by atoms with Crippen molar-refractivity contribution in [3.8, 4) is 0 Å². The fraction of sp³-hybridized carbons (Fsp3) is 0.0588. The first-order valence-corrected chi connectivity index (χ1v) is 7.35. The monoisotopic (exact) mass is 337 g/mol. The first kappa shape index (κ1) is 14.9. The van der Waals surface area contributed by atoms with Crippen molar-refractivity contribution < 1.29 is 18.8 Å². The molecule has 0 aliphatic carbocycles. The molecule has 0 saturated carbocycles. The van der Waals surface area contributed by atoms with Crippen LogP contribution in [0.2, 0.25) is 0 Å². The molecule has 25 heavy (non-hydrogen) atoms. The van der Waals surface area contributed by atoms with E-state index in [-0.39, 0.29) is 22.6 Å². The summed E-state index contributed by atoms with van der Waals surface area (Å²) >= 11 is 0. The van der Waals surface area contributed by atoms with Gasteiger partial charge >= 0.3 is 5.76 Å². The highest BCUT2D eigenvalue weighted by atomic mass is 16.4. The quantitative estimate of drug-likeness (QED) is 0.690. The molecule has 0 spiro atoms. The van der Waals surface area contributed by atoms with Crippen molar-refractivity contribution >= 4 is 34.5 Å². The summed E-state index contributed by atoms with van der Waals surface area (Å²) in [6.45, 7) is 0. The lowest BCUT2D eigenvalue weighted by Gasteiger charge is -2.06. The molecule has 0 atom stereocenters. The minimum Gasteiger partial charge on any atom is -0.408 e. The number of oxazole rings is 1. The van der Waals surface area contributed by atoms with Crippen LogP contribution in [0.3, 0.4) is 0 Å². The summed E-state index contributed by atoms with van der Waals surface area (Å²) in [6.07, 6.45) is 0. The average molecular weight is 337 g/mol. The Hall–Kier alpha value is -3.68. The van der Waals surface area contributed by atoms with E-state index >= 15 is 0 Å². The number of anilines is 1. The Bertz CT molecular complexity index is 1120. The maximum Gasteiger partial charge on any atom is 0.417 e. The van der Waals surface area contributed by atoms with Gasteiger partial charge in [0.05, 0.1) is 16.6 Å². The molecule has 1 aliphatic heterocycles. The Morgan fingerprint density at radius 3 is 2.60 bits per heavy atom. The number of H-pyrrole nitrogens is 1. The molecule has 124 valence electrons. The van der Waals surface area contributed by atoms with Crippen LogP contribution in [-0.2, 0) is 0 Å². The highest BCUT2D eigenvalue weighted by Gasteiger charge is 2.33. The Morgan fingerprint density at radius 2 is 1.80 bits per heavy atom. The number of benzene rings is 2. The van der Waals surface area contributed by atoms with Gasteiger partial charge in [0.25, 0.3) is 17.7 Å². The summed E-state index contributed by atoms with van der Waals surface area (Å²) in [7, 11) is 1.39. The molecule has 2 heterocycles. The highest BCUT2D eigenvalue weighted by Crippen LogP contribution is 2.23. The molecule has 4 rings (SSSR count). The molecule has 0 radical (unpaired) electrons. The number of imide groups is 1. The van der Waals surface area contributed by atoms with E-state index in [1.807, 2.05) is 0 Å². The van der Waals surface area contributed by atoms with Crippen LogP contribution in [-0.4, -0.2) is 34.7 Å². The number of rotatable bonds is 2. The number of nitrogens with zero attached hydrogens (tertiary/aromatic N) is 1. The number of aromatic nitrogens is 1. The molecule has 8 heteroatoms. The maximum absolute atomic E-state index is 12.4. The second-order valence-electron chi connectivity index (χ2n) is 5.61. The first-order valence-electron chi connectivity index (χ1n) is 7.35. The van der Waals surface area contributed by atoms with Gasteiger partial charge in [-0.2, -0.15) is 0 Å². The van der Waals surface area contributed by atoms with Gasteiger partial charge in [0.1, 0.15) is 0 Å². The van der Waals surface area contributed by atoms with E-state index in [2.05, 4.69) is 10.3 Å². The molecule has 0 bridgehead atoms. The van der Waals surface area contributed by atoms with E-state index in [9.17, 15) is 19.2 Å². The number of fused-ring (bicyclic) bond motifs is 2. The van der Waals surface area contributed by atoms with E-state index in [1.54, 1.807) is 18.2 Å². The van der Waals surface area contributed by atoms with Gasteiger partial charge in [-0.15, -0.1) is 0 Å². The Kier molecular flexibility index (Phi) is 3.08. The molecular formula is C17H11N3O5. The number of nitrogens with one attached hydrogen (secondary N) is 2. The van der Waals surface area contributed by atoms with Crippen molar-refractivity contribution in [2.75, 3.05) is 12.4 Å². The number of amides is 3. The van der Waals surface area contributed by atoms with E-state index < -0.39 is 17.6 Å².